The fourth-order valence-corrected chi connectivity index (χ4v) is 2.34. The van der Waals surface area contributed by atoms with Gasteiger partial charge in [0.25, 0.3) is 11.6 Å². The van der Waals surface area contributed by atoms with E-state index in [9.17, 15) is 14.9 Å². The summed E-state index contributed by atoms with van der Waals surface area (Å²) >= 11 is 0. The summed E-state index contributed by atoms with van der Waals surface area (Å²) in [5, 5.41) is 19.8. The largest absolute Gasteiger partial charge is 0.483 e. The molecule has 0 aliphatic heterocycles. The number of nitrogens with zero attached hydrogens (tertiary/aromatic N) is 3. The molecule has 0 radical (unpaired) electrons. The number of rotatable bonds is 7. The second-order valence-corrected chi connectivity index (χ2v) is 5.24. The molecule has 7 nitrogen and oxygen atoms in total. The van der Waals surface area contributed by atoms with Gasteiger partial charge in [0, 0.05) is 18.3 Å². The quantitative estimate of drug-likeness (QED) is 0.570. The van der Waals surface area contributed by atoms with Crippen molar-refractivity contribution in [1.82, 2.24) is 0 Å². The molecule has 0 N–H and O–H groups in total. The minimum atomic E-state index is -0.493. The molecule has 0 spiro atoms. The number of hydrogen-bond acceptors (Lipinski definition) is 5. The SMILES string of the molecule is Cc1c(OCC(=O)N(CCC#N)c2ccccc2)cccc1[N+](=O)[O-]. The molecular formula is C18H17N3O4. The van der Waals surface area contributed by atoms with E-state index >= 15 is 0 Å². The zero-order chi connectivity index (χ0) is 18.2. The Morgan fingerprint density at radius 1 is 1.24 bits per heavy atom. The second kappa shape index (κ2) is 8.45. The molecule has 0 aliphatic carbocycles. The number of hydrogen-bond donors (Lipinski definition) is 0. The summed E-state index contributed by atoms with van der Waals surface area (Å²) in [6.07, 6.45) is 0.191. The molecule has 2 aromatic rings. The van der Waals surface area contributed by atoms with Crippen LogP contribution in [-0.4, -0.2) is 24.0 Å². The van der Waals surface area contributed by atoms with Gasteiger partial charge in [-0.15, -0.1) is 0 Å². The van der Waals surface area contributed by atoms with Crippen molar-refractivity contribution in [3.05, 3.63) is 64.2 Å². The summed E-state index contributed by atoms with van der Waals surface area (Å²) in [5.41, 5.74) is 0.972. The normalized spacial score (nSPS) is 9.92. The van der Waals surface area contributed by atoms with Crippen LogP contribution in [0.2, 0.25) is 0 Å². The summed E-state index contributed by atoms with van der Waals surface area (Å²) in [4.78, 5) is 24.5. The average Bonchev–Trinajstić information content (AvgIpc) is 2.61. The van der Waals surface area contributed by atoms with Crippen LogP contribution >= 0.6 is 0 Å². The highest BCUT2D eigenvalue weighted by Gasteiger charge is 2.18. The Labute approximate surface area is 145 Å². The number of nitro benzene ring substituents is 1. The first-order valence-electron chi connectivity index (χ1n) is 7.63. The van der Waals surface area contributed by atoms with Gasteiger partial charge in [-0.25, -0.2) is 0 Å². The molecule has 0 saturated carbocycles. The van der Waals surface area contributed by atoms with Gasteiger partial charge in [0.1, 0.15) is 5.75 Å². The topological polar surface area (TPSA) is 96.5 Å². The molecule has 0 bridgehead atoms. The van der Waals surface area contributed by atoms with Crippen LogP contribution < -0.4 is 9.64 Å². The third-order valence-electron chi connectivity index (χ3n) is 3.62. The van der Waals surface area contributed by atoms with Crippen molar-refractivity contribution >= 4 is 17.3 Å². The van der Waals surface area contributed by atoms with Crippen molar-refractivity contribution in [3.8, 4) is 11.8 Å². The van der Waals surface area contributed by atoms with Gasteiger partial charge in [-0.1, -0.05) is 24.3 Å². The van der Waals surface area contributed by atoms with E-state index in [1.165, 1.54) is 17.0 Å². The maximum Gasteiger partial charge on any atom is 0.276 e. The van der Waals surface area contributed by atoms with Crippen molar-refractivity contribution in [2.24, 2.45) is 0 Å². The lowest BCUT2D eigenvalue weighted by Crippen LogP contribution is -2.35. The monoisotopic (exact) mass is 339 g/mol. The molecule has 0 saturated heterocycles. The highest BCUT2D eigenvalue weighted by molar-refractivity contribution is 5.94. The number of benzene rings is 2. The predicted octanol–water partition coefficient (Wildman–Crippen LogP) is 3.23. The number of nitro groups is 1. The van der Waals surface area contributed by atoms with Gasteiger partial charge < -0.3 is 9.64 Å². The van der Waals surface area contributed by atoms with Gasteiger partial charge in [0.05, 0.1) is 23.0 Å². The van der Waals surface area contributed by atoms with Gasteiger partial charge in [-0.05, 0) is 25.1 Å². The Morgan fingerprint density at radius 3 is 2.60 bits per heavy atom. The van der Waals surface area contributed by atoms with E-state index in [-0.39, 0.29) is 36.9 Å². The summed E-state index contributed by atoms with van der Waals surface area (Å²) in [7, 11) is 0. The highest BCUT2D eigenvalue weighted by Crippen LogP contribution is 2.27. The molecule has 0 aromatic heterocycles. The number of anilines is 1. The summed E-state index contributed by atoms with van der Waals surface area (Å²) in [5.74, 6) is -0.0387. The Kier molecular flexibility index (Phi) is 6.07. The first kappa shape index (κ1) is 17.9. The standard InChI is InChI=1S/C18H17N3O4/c1-14-16(21(23)24)9-5-10-17(14)25-13-18(22)20(12-6-11-19)15-7-3-2-4-8-15/h2-5,7-10H,6,12-13H2,1H3. The Bertz CT molecular complexity index is 800. The molecule has 25 heavy (non-hydrogen) atoms. The third-order valence-corrected chi connectivity index (χ3v) is 3.62. The molecular weight excluding hydrogens is 322 g/mol. The van der Waals surface area contributed by atoms with Crippen molar-refractivity contribution in [2.45, 2.75) is 13.3 Å². The van der Waals surface area contributed by atoms with E-state index in [2.05, 4.69) is 0 Å². The maximum atomic E-state index is 12.5. The number of para-hydroxylation sites is 1. The average molecular weight is 339 g/mol. The minimum absolute atomic E-state index is 0.0608. The van der Waals surface area contributed by atoms with E-state index in [1.54, 1.807) is 37.3 Å². The summed E-state index contributed by atoms with van der Waals surface area (Å²) in [6, 6.07) is 15.5. The van der Waals surface area contributed by atoms with Crippen molar-refractivity contribution in [2.75, 3.05) is 18.1 Å². The van der Waals surface area contributed by atoms with Crippen LogP contribution in [0.15, 0.2) is 48.5 Å². The number of carbonyl (C=O) groups is 1. The smallest absolute Gasteiger partial charge is 0.276 e. The van der Waals surface area contributed by atoms with Gasteiger partial charge in [-0.3, -0.25) is 14.9 Å². The van der Waals surface area contributed by atoms with Crippen LogP contribution in [-0.2, 0) is 4.79 Å². The summed E-state index contributed by atoms with van der Waals surface area (Å²) < 4.78 is 5.49. The fraction of sp³-hybridized carbons (Fsp3) is 0.222. The van der Waals surface area contributed by atoms with Crippen LogP contribution in [0.3, 0.4) is 0 Å². The lowest BCUT2D eigenvalue weighted by atomic mass is 10.2. The molecule has 2 rings (SSSR count). The van der Waals surface area contributed by atoms with Crippen LogP contribution in [0.4, 0.5) is 11.4 Å². The number of nitriles is 1. The van der Waals surface area contributed by atoms with Gasteiger partial charge in [0.2, 0.25) is 0 Å². The fourth-order valence-electron chi connectivity index (χ4n) is 2.34. The molecule has 2 aromatic carbocycles. The van der Waals surface area contributed by atoms with Gasteiger partial charge in [0.15, 0.2) is 6.61 Å². The van der Waals surface area contributed by atoms with Gasteiger partial charge >= 0.3 is 0 Å². The Morgan fingerprint density at radius 2 is 1.96 bits per heavy atom. The van der Waals surface area contributed by atoms with Crippen LogP contribution in [0, 0.1) is 28.4 Å². The molecule has 0 heterocycles. The van der Waals surface area contributed by atoms with E-state index < -0.39 is 4.92 Å². The number of amides is 1. The zero-order valence-corrected chi connectivity index (χ0v) is 13.7. The Hall–Kier alpha value is -3.40. The van der Waals surface area contributed by atoms with Crippen LogP contribution in [0.1, 0.15) is 12.0 Å². The highest BCUT2D eigenvalue weighted by atomic mass is 16.6. The summed E-state index contributed by atoms with van der Waals surface area (Å²) in [6.45, 7) is 1.54. The first-order valence-corrected chi connectivity index (χ1v) is 7.63. The molecule has 128 valence electrons. The molecule has 7 heteroatoms. The molecule has 0 aliphatic rings. The maximum absolute atomic E-state index is 12.5. The minimum Gasteiger partial charge on any atom is -0.483 e. The first-order chi connectivity index (χ1) is 12.0. The van der Waals surface area contributed by atoms with E-state index in [0.717, 1.165) is 0 Å². The van der Waals surface area contributed by atoms with E-state index in [4.69, 9.17) is 10.00 Å². The molecule has 0 fully saturated rings. The Balaban J connectivity index is 2.13. The van der Waals surface area contributed by atoms with Gasteiger partial charge in [-0.2, -0.15) is 5.26 Å². The number of carbonyl (C=O) groups excluding carboxylic acids is 1. The van der Waals surface area contributed by atoms with E-state index in [0.29, 0.717) is 11.3 Å². The lowest BCUT2D eigenvalue weighted by molar-refractivity contribution is -0.385. The van der Waals surface area contributed by atoms with E-state index in [1.807, 2.05) is 12.1 Å². The van der Waals surface area contributed by atoms with Crippen molar-refractivity contribution in [1.29, 1.82) is 5.26 Å². The lowest BCUT2D eigenvalue weighted by Gasteiger charge is -2.22. The molecule has 1 amide bonds. The zero-order valence-electron chi connectivity index (χ0n) is 13.7. The van der Waals surface area contributed by atoms with Crippen LogP contribution in [0.5, 0.6) is 5.75 Å². The number of ether oxygens (including phenoxy) is 1. The molecule has 0 atom stereocenters. The predicted molar refractivity (Wildman–Crippen MR) is 92.4 cm³/mol. The van der Waals surface area contributed by atoms with Crippen molar-refractivity contribution in [3.63, 3.8) is 0 Å². The third kappa shape index (κ3) is 4.54. The molecule has 0 unspecified atom stereocenters. The van der Waals surface area contributed by atoms with Crippen molar-refractivity contribution < 1.29 is 14.5 Å². The second-order valence-electron chi connectivity index (χ2n) is 5.24. The van der Waals surface area contributed by atoms with Crippen LogP contribution in [0.25, 0.3) is 0 Å².